The van der Waals surface area contributed by atoms with Crippen molar-refractivity contribution in [1.82, 2.24) is 0 Å². The molecule has 122 valence electrons. The number of halogens is 1. The normalized spacial score (nSPS) is 11.4. The topological polar surface area (TPSA) is 9.23 Å². The molecule has 0 amide bonds. The molecule has 0 unspecified atom stereocenters. The molecule has 0 aliphatic carbocycles. The van der Waals surface area contributed by atoms with Crippen molar-refractivity contribution in [2.45, 2.75) is 0 Å². The van der Waals surface area contributed by atoms with Gasteiger partial charge in [0, 0.05) is 4.47 Å². The van der Waals surface area contributed by atoms with Gasteiger partial charge in [0.2, 0.25) is 0 Å². The van der Waals surface area contributed by atoms with Gasteiger partial charge >= 0.3 is 0 Å². The minimum atomic E-state index is 0.872. The number of rotatable bonds is 3. The van der Waals surface area contributed by atoms with Crippen LogP contribution in [0.4, 0.5) is 0 Å². The number of benzene rings is 4. The SMILES string of the molecule is COc1ccc(C=Cc2c3ccccc3c(Br)c3ccccc23)cc1. The molecule has 4 aromatic carbocycles. The van der Waals surface area contributed by atoms with E-state index in [-0.39, 0.29) is 0 Å². The molecule has 0 saturated heterocycles. The molecule has 0 N–H and O–H groups in total. The molecule has 0 aromatic heterocycles. The van der Waals surface area contributed by atoms with Crippen molar-refractivity contribution >= 4 is 49.6 Å². The molecule has 0 heterocycles. The van der Waals surface area contributed by atoms with Crippen LogP contribution >= 0.6 is 15.9 Å². The van der Waals surface area contributed by atoms with Gasteiger partial charge in [0.05, 0.1) is 7.11 Å². The summed E-state index contributed by atoms with van der Waals surface area (Å²) in [4.78, 5) is 0. The summed E-state index contributed by atoms with van der Waals surface area (Å²) in [5, 5.41) is 4.96. The van der Waals surface area contributed by atoms with Gasteiger partial charge in [-0.3, -0.25) is 0 Å². The molecule has 25 heavy (non-hydrogen) atoms. The summed E-state index contributed by atoms with van der Waals surface area (Å²) in [6.07, 6.45) is 4.36. The van der Waals surface area contributed by atoms with Gasteiger partial charge in [-0.25, -0.2) is 0 Å². The van der Waals surface area contributed by atoms with Crippen molar-refractivity contribution in [3.63, 3.8) is 0 Å². The van der Waals surface area contributed by atoms with Crippen LogP contribution in [0.1, 0.15) is 11.1 Å². The fourth-order valence-corrected chi connectivity index (χ4v) is 3.87. The van der Waals surface area contributed by atoms with Gasteiger partial charge in [0.15, 0.2) is 0 Å². The lowest BCUT2D eigenvalue weighted by molar-refractivity contribution is 0.415. The first-order valence-electron chi connectivity index (χ1n) is 8.19. The summed E-state index contributed by atoms with van der Waals surface area (Å²) in [6.45, 7) is 0. The number of fused-ring (bicyclic) bond motifs is 2. The maximum absolute atomic E-state index is 5.23. The highest BCUT2D eigenvalue weighted by atomic mass is 79.9. The first-order chi connectivity index (χ1) is 12.3. The monoisotopic (exact) mass is 388 g/mol. The van der Waals surface area contributed by atoms with Crippen LogP contribution in [-0.2, 0) is 0 Å². The Labute approximate surface area is 155 Å². The van der Waals surface area contributed by atoms with Crippen LogP contribution in [0.15, 0.2) is 77.3 Å². The standard InChI is InChI=1S/C23H17BrO/c1-25-17-13-10-16(11-14-17)12-15-20-18-6-2-4-8-21(18)23(24)22-9-5-3-7-19(20)22/h2-15H,1H3. The van der Waals surface area contributed by atoms with Crippen LogP contribution in [0.3, 0.4) is 0 Å². The smallest absolute Gasteiger partial charge is 0.118 e. The Morgan fingerprint density at radius 1 is 0.680 bits per heavy atom. The lowest BCUT2D eigenvalue weighted by atomic mass is 9.96. The van der Waals surface area contributed by atoms with Gasteiger partial charge in [0.25, 0.3) is 0 Å². The molecule has 0 aliphatic heterocycles. The Balaban J connectivity index is 1.92. The second-order valence-corrected chi connectivity index (χ2v) is 6.72. The third kappa shape index (κ3) is 2.94. The van der Waals surface area contributed by atoms with Gasteiger partial charge < -0.3 is 4.74 Å². The average molecular weight is 389 g/mol. The number of methoxy groups -OCH3 is 1. The quantitative estimate of drug-likeness (QED) is 0.273. The van der Waals surface area contributed by atoms with E-state index in [4.69, 9.17) is 4.74 Å². The van der Waals surface area contributed by atoms with E-state index < -0.39 is 0 Å². The molecular weight excluding hydrogens is 372 g/mol. The van der Waals surface area contributed by atoms with Crippen molar-refractivity contribution in [2.75, 3.05) is 7.11 Å². The van der Waals surface area contributed by atoms with Crippen LogP contribution in [0.5, 0.6) is 5.75 Å². The van der Waals surface area contributed by atoms with E-state index in [1.165, 1.54) is 27.1 Å². The van der Waals surface area contributed by atoms with E-state index >= 15 is 0 Å². The molecular formula is C23H17BrO. The molecule has 4 aromatic rings. The largest absolute Gasteiger partial charge is 0.497 e. The fraction of sp³-hybridized carbons (Fsp3) is 0.0435. The van der Waals surface area contributed by atoms with Crippen molar-refractivity contribution in [3.8, 4) is 5.75 Å². The summed E-state index contributed by atoms with van der Waals surface area (Å²) in [6, 6.07) is 25.1. The number of hydrogen-bond donors (Lipinski definition) is 0. The predicted molar refractivity (Wildman–Crippen MR) is 111 cm³/mol. The van der Waals surface area contributed by atoms with Gasteiger partial charge in [-0.1, -0.05) is 72.8 Å². The Kier molecular flexibility index (Phi) is 4.29. The molecule has 2 heteroatoms. The maximum atomic E-state index is 5.23. The highest BCUT2D eigenvalue weighted by Crippen LogP contribution is 2.37. The van der Waals surface area contributed by atoms with E-state index in [2.05, 4.69) is 88.7 Å². The van der Waals surface area contributed by atoms with Crippen LogP contribution in [0.25, 0.3) is 33.7 Å². The third-order valence-electron chi connectivity index (χ3n) is 4.47. The predicted octanol–water partition coefficient (Wildman–Crippen LogP) is 6.93. The molecule has 0 radical (unpaired) electrons. The van der Waals surface area contributed by atoms with Crippen LogP contribution < -0.4 is 4.74 Å². The van der Waals surface area contributed by atoms with Crippen LogP contribution in [0, 0.1) is 0 Å². The number of ether oxygens (including phenoxy) is 1. The zero-order valence-corrected chi connectivity index (χ0v) is 15.5. The van der Waals surface area contributed by atoms with E-state index in [9.17, 15) is 0 Å². The Bertz CT molecular complexity index is 1020. The minimum Gasteiger partial charge on any atom is -0.497 e. The molecule has 0 aliphatic rings. The van der Waals surface area contributed by atoms with E-state index in [1.54, 1.807) is 7.11 Å². The zero-order valence-electron chi connectivity index (χ0n) is 13.9. The lowest BCUT2D eigenvalue weighted by Gasteiger charge is -2.11. The first-order valence-corrected chi connectivity index (χ1v) is 8.98. The zero-order chi connectivity index (χ0) is 17.2. The molecule has 0 saturated carbocycles. The second-order valence-electron chi connectivity index (χ2n) is 5.93. The van der Waals surface area contributed by atoms with Crippen molar-refractivity contribution in [3.05, 3.63) is 88.4 Å². The maximum Gasteiger partial charge on any atom is 0.118 e. The van der Waals surface area contributed by atoms with Gasteiger partial charge in [-0.05, 0) is 60.7 Å². The Morgan fingerprint density at radius 3 is 1.72 bits per heavy atom. The summed E-state index contributed by atoms with van der Waals surface area (Å²) >= 11 is 3.79. The second kappa shape index (κ2) is 6.73. The molecule has 0 atom stereocenters. The van der Waals surface area contributed by atoms with Crippen LogP contribution in [-0.4, -0.2) is 7.11 Å². The molecule has 4 rings (SSSR count). The summed E-state index contributed by atoms with van der Waals surface area (Å²) in [5.74, 6) is 0.872. The van der Waals surface area contributed by atoms with Gasteiger partial charge in [-0.15, -0.1) is 0 Å². The summed E-state index contributed by atoms with van der Waals surface area (Å²) in [7, 11) is 1.69. The Hall–Kier alpha value is -2.58. The third-order valence-corrected chi connectivity index (χ3v) is 5.32. The average Bonchev–Trinajstić information content (AvgIpc) is 2.68. The van der Waals surface area contributed by atoms with E-state index in [1.807, 2.05) is 12.1 Å². The van der Waals surface area contributed by atoms with Gasteiger partial charge in [0.1, 0.15) is 5.75 Å². The fourth-order valence-electron chi connectivity index (χ4n) is 3.18. The highest BCUT2D eigenvalue weighted by Gasteiger charge is 2.09. The molecule has 0 bridgehead atoms. The highest BCUT2D eigenvalue weighted by molar-refractivity contribution is 9.10. The molecule has 0 spiro atoms. The first kappa shape index (κ1) is 15.9. The van der Waals surface area contributed by atoms with Gasteiger partial charge in [-0.2, -0.15) is 0 Å². The van der Waals surface area contributed by atoms with Crippen molar-refractivity contribution in [1.29, 1.82) is 0 Å². The Morgan fingerprint density at radius 2 is 1.20 bits per heavy atom. The summed E-state index contributed by atoms with van der Waals surface area (Å²) < 4.78 is 6.38. The van der Waals surface area contributed by atoms with Crippen LogP contribution in [0.2, 0.25) is 0 Å². The van der Waals surface area contributed by atoms with E-state index in [0.29, 0.717) is 0 Å². The van der Waals surface area contributed by atoms with E-state index in [0.717, 1.165) is 15.8 Å². The minimum absolute atomic E-state index is 0.872. The molecule has 0 fully saturated rings. The van der Waals surface area contributed by atoms with Crippen molar-refractivity contribution < 1.29 is 4.74 Å². The number of hydrogen-bond acceptors (Lipinski definition) is 1. The summed E-state index contributed by atoms with van der Waals surface area (Å²) in [5.41, 5.74) is 2.39. The molecule has 1 nitrogen and oxygen atoms in total. The lowest BCUT2D eigenvalue weighted by Crippen LogP contribution is -1.86. The van der Waals surface area contributed by atoms with Crippen molar-refractivity contribution in [2.24, 2.45) is 0 Å².